The van der Waals surface area contributed by atoms with Gasteiger partial charge in [0, 0.05) is 43.8 Å². The molecule has 0 aromatic heterocycles. The molecule has 0 fully saturated rings. The van der Waals surface area contributed by atoms with E-state index >= 15 is 0 Å². The zero-order chi connectivity index (χ0) is 16.1. The average molecular weight is 314 g/mol. The van der Waals surface area contributed by atoms with Crippen LogP contribution in [0.4, 0.5) is 5.69 Å². The highest BCUT2D eigenvalue weighted by molar-refractivity contribution is 7.98. The molecule has 0 aliphatic rings. The number of anilines is 1. The zero-order valence-electron chi connectivity index (χ0n) is 13.5. The Bertz CT molecular complexity index is 638. The lowest BCUT2D eigenvalue weighted by molar-refractivity contribution is 0.0785. The summed E-state index contributed by atoms with van der Waals surface area (Å²) in [5.74, 6) is 0.0395. The molecule has 116 valence electrons. The first-order valence-electron chi connectivity index (χ1n) is 7.17. The van der Waals surface area contributed by atoms with Crippen molar-refractivity contribution < 1.29 is 4.79 Å². The summed E-state index contributed by atoms with van der Waals surface area (Å²) in [5, 5.41) is 0. The van der Waals surface area contributed by atoms with Gasteiger partial charge < -0.3 is 9.80 Å². The smallest absolute Gasteiger partial charge is 0.253 e. The van der Waals surface area contributed by atoms with Crippen LogP contribution >= 0.6 is 11.8 Å². The van der Waals surface area contributed by atoms with Crippen LogP contribution in [0, 0.1) is 0 Å². The lowest BCUT2D eigenvalue weighted by Crippen LogP contribution is -2.26. The summed E-state index contributed by atoms with van der Waals surface area (Å²) >= 11 is 1.72. The fourth-order valence-corrected chi connectivity index (χ4v) is 2.62. The van der Waals surface area contributed by atoms with Crippen molar-refractivity contribution in [3.63, 3.8) is 0 Å². The van der Waals surface area contributed by atoms with Crippen LogP contribution in [0.1, 0.15) is 15.9 Å². The summed E-state index contributed by atoms with van der Waals surface area (Å²) in [6.45, 7) is 0.611. The molecule has 0 saturated heterocycles. The number of thioether (sulfide) groups is 1. The summed E-state index contributed by atoms with van der Waals surface area (Å²) < 4.78 is 0. The Hall–Kier alpha value is -1.94. The van der Waals surface area contributed by atoms with E-state index in [-0.39, 0.29) is 5.91 Å². The van der Waals surface area contributed by atoms with Crippen LogP contribution in [-0.2, 0) is 6.54 Å². The van der Waals surface area contributed by atoms with Crippen LogP contribution in [0.3, 0.4) is 0 Å². The van der Waals surface area contributed by atoms with Crippen molar-refractivity contribution >= 4 is 23.4 Å². The van der Waals surface area contributed by atoms with E-state index in [9.17, 15) is 4.79 Å². The highest BCUT2D eigenvalue weighted by Gasteiger charge is 2.13. The summed E-state index contributed by atoms with van der Waals surface area (Å²) in [6.07, 6.45) is 2.06. The molecule has 0 heterocycles. The van der Waals surface area contributed by atoms with Crippen LogP contribution in [0.15, 0.2) is 53.4 Å². The summed E-state index contributed by atoms with van der Waals surface area (Å²) in [4.78, 5) is 17.5. The van der Waals surface area contributed by atoms with Crippen LogP contribution in [0.25, 0.3) is 0 Å². The van der Waals surface area contributed by atoms with E-state index in [0.717, 1.165) is 16.8 Å². The fourth-order valence-electron chi connectivity index (χ4n) is 2.21. The Morgan fingerprint density at radius 1 is 1.05 bits per heavy atom. The predicted octanol–water partition coefficient (Wildman–Crippen LogP) is 3.75. The lowest BCUT2D eigenvalue weighted by atomic mass is 10.1. The van der Waals surface area contributed by atoms with Crippen LogP contribution in [0.5, 0.6) is 0 Å². The number of rotatable bonds is 5. The number of carbonyl (C=O) groups excluding carboxylic acids is 1. The van der Waals surface area contributed by atoms with Gasteiger partial charge in [0.15, 0.2) is 0 Å². The fraction of sp³-hybridized carbons (Fsp3) is 0.278. The largest absolute Gasteiger partial charge is 0.378 e. The van der Waals surface area contributed by atoms with E-state index in [1.807, 2.05) is 50.3 Å². The third-order valence-electron chi connectivity index (χ3n) is 3.53. The van der Waals surface area contributed by atoms with Crippen molar-refractivity contribution in [1.29, 1.82) is 0 Å². The Morgan fingerprint density at radius 2 is 1.73 bits per heavy atom. The van der Waals surface area contributed by atoms with Crippen molar-refractivity contribution in [1.82, 2.24) is 4.90 Å². The molecular weight excluding hydrogens is 292 g/mol. The lowest BCUT2D eigenvalue weighted by Gasteiger charge is -2.19. The minimum Gasteiger partial charge on any atom is -0.378 e. The molecule has 0 unspecified atom stereocenters. The number of benzene rings is 2. The van der Waals surface area contributed by atoms with E-state index in [1.165, 1.54) is 4.90 Å². The van der Waals surface area contributed by atoms with E-state index in [4.69, 9.17) is 0 Å². The van der Waals surface area contributed by atoms with E-state index in [2.05, 4.69) is 30.5 Å². The first-order chi connectivity index (χ1) is 10.5. The molecule has 1 amide bonds. The monoisotopic (exact) mass is 314 g/mol. The number of amides is 1. The van der Waals surface area contributed by atoms with Gasteiger partial charge in [-0.2, -0.15) is 0 Å². The average Bonchev–Trinajstić information content (AvgIpc) is 2.54. The van der Waals surface area contributed by atoms with Crippen LogP contribution in [0.2, 0.25) is 0 Å². The topological polar surface area (TPSA) is 23.6 Å². The molecule has 0 radical (unpaired) electrons. The minimum atomic E-state index is 0.0395. The molecule has 0 saturated carbocycles. The van der Waals surface area contributed by atoms with Gasteiger partial charge in [-0.25, -0.2) is 0 Å². The van der Waals surface area contributed by atoms with Gasteiger partial charge in [0.25, 0.3) is 5.91 Å². The van der Waals surface area contributed by atoms with Crippen molar-refractivity contribution in [2.75, 3.05) is 32.3 Å². The molecule has 0 aliphatic carbocycles. The van der Waals surface area contributed by atoms with Gasteiger partial charge in [-0.15, -0.1) is 11.8 Å². The molecule has 2 aromatic carbocycles. The quantitative estimate of drug-likeness (QED) is 0.785. The Morgan fingerprint density at radius 3 is 2.32 bits per heavy atom. The molecule has 4 heteroatoms. The maximum absolute atomic E-state index is 12.6. The normalized spacial score (nSPS) is 10.4. The molecule has 0 atom stereocenters. The predicted molar refractivity (Wildman–Crippen MR) is 94.8 cm³/mol. The second-order valence-electron chi connectivity index (χ2n) is 5.45. The highest BCUT2D eigenvalue weighted by Crippen LogP contribution is 2.18. The molecule has 22 heavy (non-hydrogen) atoms. The van der Waals surface area contributed by atoms with Crippen molar-refractivity contribution in [2.24, 2.45) is 0 Å². The van der Waals surface area contributed by atoms with E-state index < -0.39 is 0 Å². The van der Waals surface area contributed by atoms with Gasteiger partial charge in [0.1, 0.15) is 0 Å². The van der Waals surface area contributed by atoms with Crippen molar-refractivity contribution in [2.45, 2.75) is 11.4 Å². The molecule has 0 aliphatic heterocycles. The molecule has 0 N–H and O–H groups in total. The number of carbonyl (C=O) groups is 1. The molecule has 0 spiro atoms. The van der Waals surface area contributed by atoms with Gasteiger partial charge >= 0.3 is 0 Å². The van der Waals surface area contributed by atoms with Gasteiger partial charge in [0.2, 0.25) is 0 Å². The second kappa shape index (κ2) is 7.36. The minimum absolute atomic E-state index is 0.0395. The standard InChI is InChI=1S/C18H22N2OS/c1-19(2)16-7-5-6-15(12-16)18(21)20(3)13-14-8-10-17(22-4)11-9-14/h5-12H,13H2,1-4H3. The van der Waals surface area contributed by atoms with Gasteiger partial charge in [-0.1, -0.05) is 18.2 Å². The number of hydrogen-bond donors (Lipinski definition) is 0. The maximum atomic E-state index is 12.6. The van der Waals surface area contributed by atoms with E-state index in [1.54, 1.807) is 16.7 Å². The first-order valence-corrected chi connectivity index (χ1v) is 8.39. The highest BCUT2D eigenvalue weighted by atomic mass is 32.2. The second-order valence-corrected chi connectivity index (χ2v) is 6.33. The van der Waals surface area contributed by atoms with Gasteiger partial charge in [-0.05, 0) is 42.2 Å². The number of nitrogens with zero attached hydrogens (tertiary/aromatic N) is 2. The molecular formula is C18H22N2OS. The van der Waals surface area contributed by atoms with Crippen molar-refractivity contribution in [3.8, 4) is 0 Å². The van der Waals surface area contributed by atoms with E-state index in [0.29, 0.717) is 6.54 Å². The summed E-state index contributed by atoms with van der Waals surface area (Å²) in [6, 6.07) is 16.0. The Labute approximate surface area is 136 Å². The van der Waals surface area contributed by atoms with Crippen LogP contribution < -0.4 is 4.90 Å². The maximum Gasteiger partial charge on any atom is 0.253 e. The Kier molecular flexibility index (Phi) is 5.50. The summed E-state index contributed by atoms with van der Waals surface area (Å²) in [7, 11) is 5.79. The molecule has 2 rings (SSSR count). The van der Waals surface area contributed by atoms with Gasteiger partial charge in [-0.3, -0.25) is 4.79 Å². The third-order valence-corrected chi connectivity index (χ3v) is 4.28. The molecule has 3 nitrogen and oxygen atoms in total. The van der Waals surface area contributed by atoms with Gasteiger partial charge in [0.05, 0.1) is 0 Å². The summed E-state index contributed by atoms with van der Waals surface area (Å²) in [5.41, 5.74) is 2.88. The molecule has 0 bridgehead atoms. The SMILES string of the molecule is CSc1ccc(CN(C)C(=O)c2cccc(N(C)C)c2)cc1. The zero-order valence-corrected chi connectivity index (χ0v) is 14.4. The molecule has 2 aromatic rings. The number of hydrogen-bond acceptors (Lipinski definition) is 3. The Balaban J connectivity index is 2.09. The third kappa shape index (κ3) is 4.04. The first kappa shape index (κ1) is 16.4. The van der Waals surface area contributed by atoms with Crippen molar-refractivity contribution in [3.05, 3.63) is 59.7 Å². The van der Waals surface area contributed by atoms with Crippen LogP contribution in [-0.4, -0.2) is 38.2 Å².